The first-order chi connectivity index (χ1) is 9.66. The van der Waals surface area contributed by atoms with Gasteiger partial charge in [0.1, 0.15) is 5.76 Å². The molecule has 20 heavy (non-hydrogen) atoms. The highest BCUT2D eigenvalue weighted by Crippen LogP contribution is 2.43. The average Bonchev–Trinajstić information content (AvgIpc) is 2.72. The van der Waals surface area contributed by atoms with Crippen LogP contribution < -0.4 is 9.47 Å². The van der Waals surface area contributed by atoms with Crippen molar-refractivity contribution in [3.63, 3.8) is 0 Å². The van der Waals surface area contributed by atoms with Gasteiger partial charge in [-0.25, -0.2) is 0 Å². The van der Waals surface area contributed by atoms with Crippen LogP contribution in [0.15, 0.2) is 28.9 Å². The number of rotatable bonds is 2. The van der Waals surface area contributed by atoms with E-state index in [0.29, 0.717) is 24.0 Å². The molecule has 1 unspecified atom stereocenters. The summed E-state index contributed by atoms with van der Waals surface area (Å²) >= 11 is 10.1. The maximum atomic E-state index is 6.38. The Bertz CT molecular complexity index is 624. The summed E-state index contributed by atoms with van der Waals surface area (Å²) in [5.74, 6) is 2.32. The molecule has 0 radical (unpaired) electrons. The van der Waals surface area contributed by atoms with E-state index in [-0.39, 0.29) is 4.83 Å². The lowest BCUT2D eigenvalue weighted by molar-refractivity contribution is 0.297. The van der Waals surface area contributed by atoms with Crippen molar-refractivity contribution in [3.8, 4) is 11.5 Å². The second-order valence-electron chi connectivity index (χ2n) is 4.67. The summed E-state index contributed by atoms with van der Waals surface area (Å²) in [7, 11) is 0. The molecule has 5 heteroatoms. The molecular formula is C15H14BrClO3. The topological polar surface area (TPSA) is 31.6 Å². The Morgan fingerprint density at radius 2 is 1.85 bits per heavy atom. The number of halogens is 2. The third-order valence-corrected chi connectivity index (χ3v) is 4.63. The maximum absolute atomic E-state index is 6.38. The highest BCUT2D eigenvalue weighted by atomic mass is 79.9. The predicted octanol–water partition coefficient (Wildman–Crippen LogP) is 4.89. The molecule has 1 atom stereocenters. The Hall–Kier alpha value is -1.13. The van der Waals surface area contributed by atoms with E-state index in [1.165, 1.54) is 0 Å². The van der Waals surface area contributed by atoms with Crippen LogP contribution in [0.4, 0.5) is 0 Å². The average molecular weight is 358 g/mol. The zero-order valence-corrected chi connectivity index (χ0v) is 13.3. The molecule has 1 aromatic heterocycles. The molecule has 2 aromatic rings. The van der Waals surface area contributed by atoms with Gasteiger partial charge in [-0.3, -0.25) is 0 Å². The largest absolute Gasteiger partial charge is 0.490 e. The summed E-state index contributed by atoms with van der Waals surface area (Å²) < 4.78 is 16.7. The first-order valence-electron chi connectivity index (χ1n) is 6.44. The smallest absolute Gasteiger partial charge is 0.162 e. The van der Waals surface area contributed by atoms with Crippen molar-refractivity contribution in [2.45, 2.75) is 18.2 Å². The van der Waals surface area contributed by atoms with Crippen molar-refractivity contribution >= 4 is 27.5 Å². The van der Waals surface area contributed by atoms with Gasteiger partial charge in [0.2, 0.25) is 0 Å². The van der Waals surface area contributed by atoms with Gasteiger partial charge >= 0.3 is 0 Å². The zero-order chi connectivity index (χ0) is 14.1. The van der Waals surface area contributed by atoms with E-state index in [1.807, 2.05) is 25.1 Å². The van der Waals surface area contributed by atoms with E-state index in [0.717, 1.165) is 29.1 Å². The van der Waals surface area contributed by atoms with Gasteiger partial charge in [-0.2, -0.15) is 0 Å². The lowest BCUT2D eigenvalue weighted by Crippen LogP contribution is -1.98. The van der Waals surface area contributed by atoms with Crippen molar-refractivity contribution in [1.82, 2.24) is 0 Å². The van der Waals surface area contributed by atoms with Crippen LogP contribution in [-0.4, -0.2) is 13.2 Å². The van der Waals surface area contributed by atoms with Gasteiger partial charge in [-0.15, -0.1) is 0 Å². The van der Waals surface area contributed by atoms with Crippen molar-refractivity contribution < 1.29 is 13.9 Å². The minimum Gasteiger partial charge on any atom is -0.490 e. The summed E-state index contributed by atoms with van der Waals surface area (Å²) in [6.45, 7) is 3.24. The number of ether oxygens (including phenoxy) is 2. The van der Waals surface area contributed by atoms with Gasteiger partial charge in [0, 0.05) is 23.1 Å². The number of furan rings is 1. The normalized spacial score (nSPS) is 15.8. The molecule has 1 aromatic carbocycles. The highest BCUT2D eigenvalue weighted by Gasteiger charge is 2.21. The van der Waals surface area contributed by atoms with Gasteiger partial charge in [0.05, 0.1) is 24.3 Å². The van der Waals surface area contributed by atoms with Crippen LogP contribution in [0.25, 0.3) is 0 Å². The Labute approximate surface area is 130 Å². The van der Waals surface area contributed by atoms with Crippen LogP contribution in [0.2, 0.25) is 5.02 Å². The van der Waals surface area contributed by atoms with Gasteiger partial charge in [-0.1, -0.05) is 27.5 Å². The number of hydrogen-bond donors (Lipinski definition) is 0. The fourth-order valence-corrected chi connectivity index (χ4v) is 3.47. The Morgan fingerprint density at radius 3 is 2.50 bits per heavy atom. The molecule has 2 heterocycles. The second kappa shape index (κ2) is 5.70. The number of benzene rings is 1. The molecule has 3 nitrogen and oxygen atoms in total. The Balaban J connectivity index is 2.01. The summed E-state index contributed by atoms with van der Waals surface area (Å²) in [6, 6.07) is 5.70. The molecule has 0 saturated carbocycles. The molecule has 1 aliphatic rings. The molecule has 3 rings (SSSR count). The van der Waals surface area contributed by atoms with Crippen molar-refractivity contribution in [1.29, 1.82) is 0 Å². The minimum absolute atomic E-state index is 0.0362. The van der Waals surface area contributed by atoms with Crippen LogP contribution >= 0.6 is 27.5 Å². The monoisotopic (exact) mass is 356 g/mol. The molecule has 106 valence electrons. The Morgan fingerprint density at radius 1 is 1.15 bits per heavy atom. The lowest BCUT2D eigenvalue weighted by atomic mass is 10.0. The summed E-state index contributed by atoms with van der Waals surface area (Å²) in [6.07, 6.45) is 2.55. The van der Waals surface area contributed by atoms with Crippen molar-refractivity contribution in [3.05, 3.63) is 46.4 Å². The van der Waals surface area contributed by atoms with Crippen LogP contribution in [0.5, 0.6) is 11.5 Å². The summed E-state index contributed by atoms with van der Waals surface area (Å²) in [5.41, 5.74) is 2.00. The lowest BCUT2D eigenvalue weighted by Gasteiger charge is -2.15. The second-order valence-corrected chi connectivity index (χ2v) is 5.99. The van der Waals surface area contributed by atoms with Crippen LogP contribution in [0.1, 0.15) is 28.1 Å². The third-order valence-electron chi connectivity index (χ3n) is 3.31. The van der Waals surface area contributed by atoms with Crippen LogP contribution in [0, 0.1) is 6.92 Å². The fourth-order valence-electron chi connectivity index (χ4n) is 2.22. The summed E-state index contributed by atoms with van der Waals surface area (Å²) in [4.78, 5) is -0.0362. The number of fused-ring (bicyclic) bond motifs is 1. The van der Waals surface area contributed by atoms with Gasteiger partial charge in [0.15, 0.2) is 11.5 Å². The minimum atomic E-state index is -0.0362. The molecule has 0 saturated heterocycles. The van der Waals surface area contributed by atoms with E-state index in [1.54, 1.807) is 6.26 Å². The maximum Gasteiger partial charge on any atom is 0.162 e. The first-order valence-corrected chi connectivity index (χ1v) is 7.73. The molecule has 0 bridgehead atoms. The predicted molar refractivity (Wildman–Crippen MR) is 81.3 cm³/mol. The molecule has 0 amide bonds. The van der Waals surface area contributed by atoms with Gasteiger partial charge in [-0.05, 0) is 24.6 Å². The van der Waals surface area contributed by atoms with Crippen molar-refractivity contribution in [2.24, 2.45) is 0 Å². The zero-order valence-electron chi connectivity index (χ0n) is 11.0. The quantitative estimate of drug-likeness (QED) is 0.717. The molecular weight excluding hydrogens is 344 g/mol. The molecule has 0 aliphatic carbocycles. The van der Waals surface area contributed by atoms with Crippen molar-refractivity contribution in [2.75, 3.05) is 13.2 Å². The Kier molecular flexibility index (Phi) is 3.94. The number of hydrogen-bond acceptors (Lipinski definition) is 3. The van der Waals surface area contributed by atoms with E-state index in [4.69, 9.17) is 25.5 Å². The van der Waals surface area contributed by atoms with E-state index < -0.39 is 0 Å². The molecule has 1 aliphatic heterocycles. The SMILES string of the molecule is Cc1occc1C(Br)c1cc2c(cc1Cl)OCCCO2. The highest BCUT2D eigenvalue weighted by molar-refractivity contribution is 9.09. The van der Waals surface area contributed by atoms with Crippen LogP contribution in [0.3, 0.4) is 0 Å². The molecule has 0 N–H and O–H groups in total. The van der Waals surface area contributed by atoms with E-state index in [9.17, 15) is 0 Å². The summed E-state index contributed by atoms with van der Waals surface area (Å²) in [5, 5.41) is 0.650. The van der Waals surface area contributed by atoms with E-state index >= 15 is 0 Å². The number of alkyl halides is 1. The third kappa shape index (κ3) is 2.54. The number of aryl methyl sites for hydroxylation is 1. The molecule has 0 spiro atoms. The van der Waals surface area contributed by atoms with Gasteiger partial charge in [0.25, 0.3) is 0 Å². The van der Waals surface area contributed by atoms with Crippen LogP contribution in [-0.2, 0) is 0 Å². The van der Waals surface area contributed by atoms with Gasteiger partial charge < -0.3 is 13.9 Å². The van der Waals surface area contributed by atoms with E-state index in [2.05, 4.69) is 15.9 Å². The first kappa shape index (κ1) is 13.8. The standard InChI is InChI=1S/C15H14BrClO3/c1-9-10(3-6-18-9)15(16)11-7-13-14(8-12(11)17)20-5-2-4-19-13/h3,6-8,15H,2,4-5H2,1H3. The fraction of sp³-hybridized carbons (Fsp3) is 0.333. The molecule has 0 fully saturated rings.